The second kappa shape index (κ2) is 22.3. The summed E-state index contributed by atoms with van der Waals surface area (Å²) < 4.78 is 5.64. The highest BCUT2D eigenvalue weighted by molar-refractivity contribution is 5.95. The molecule has 1 aromatic rings. The van der Waals surface area contributed by atoms with Gasteiger partial charge in [-0.25, -0.2) is 4.79 Å². The Morgan fingerprint density at radius 1 is 0.833 bits per heavy atom. The molecule has 1 aromatic carbocycles. The number of aliphatic hydroxyl groups excluding tert-OH is 4. The van der Waals surface area contributed by atoms with Crippen molar-refractivity contribution in [2.45, 2.75) is 107 Å². The predicted octanol–water partition coefficient (Wildman–Crippen LogP) is -5.08. The Morgan fingerprint density at radius 3 is 2.06 bits per heavy atom. The number of nitrogens with one attached hydrogen (secondary N) is 4. The van der Waals surface area contributed by atoms with E-state index in [1.54, 1.807) is 19.1 Å². The van der Waals surface area contributed by atoms with Crippen molar-refractivity contribution >= 4 is 41.5 Å². The van der Waals surface area contributed by atoms with Crippen LogP contribution in [0.25, 0.3) is 0 Å². The maximum atomic E-state index is 13.1. The topological polar surface area (TPSA) is 372 Å². The van der Waals surface area contributed by atoms with Crippen LogP contribution in [0.1, 0.15) is 50.2 Å². The molecule has 1 fully saturated rings. The number of nitrogens with zero attached hydrogens (tertiary/aromatic N) is 1. The zero-order valence-corrected chi connectivity index (χ0v) is 29.8. The van der Waals surface area contributed by atoms with E-state index in [2.05, 4.69) is 20.9 Å². The molecule has 21 heteroatoms. The van der Waals surface area contributed by atoms with E-state index >= 15 is 0 Å². The number of rotatable bonds is 22. The van der Waals surface area contributed by atoms with E-state index in [0.717, 1.165) is 11.1 Å². The number of aliphatic imine (C=N–C) groups is 1. The molecule has 0 aromatic heterocycles. The van der Waals surface area contributed by atoms with Gasteiger partial charge in [-0.3, -0.25) is 29.0 Å². The van der Waals surface area contributed by atoms with E-state index in [1.807, 2.05) is 17.4 Å². The number of carboxylic acids is 2. The van der Waals surface area contributed by atoms with E-state index in [0.29, 0.717) is 19.3 Å². The first-order valence-corrected chi connectivity index (χ1v) is 17.2. The number of carbonyl (C=O) groups excluding carboxylic acids is 4. The maximum absolute atomic E-state index is 13.1. The summed E-state index contributed by atoms with van der Waals surface area (Å²) in [4.78, 5) is 77.4. The van der Waals surface area contributed by atoms with Gasteiger partial charge in [0, 0.05) is 6.54 Å². The summed E-state index contributed by atoms with van der Waals surface area (Å²) in [5.74, 6) is -7.01. The van der Waals surface area contributed by atoms with Crippen LogP contribution in [0, 0.1) is 0 Å². The minimum Gasteiger partial charge on any atom is -0.481 e. The monoisotopic (exact) mass is 768 g/mol. The molecule has 1 saturated heterocycles. The van der Waals surface area contributed by atoms with Gasteiger partial charge in [0.05, 0.1) is 37.8 Å². The molecule has 16 N–H and O–H groups in total. The largest absolute Gasteiger partial charge is 0.481 e. The normalized spacial score (nSPS) is 21.7. The second-order valence-electron chi connectivity index (χ2n) is 12.9. The van der Waals surface area contributed by atoms with Gasteiger partial charge in [0.1, 0.15) is 36.4 Å². The van der Waals surface area contributed by atoms with Gasteiger partial charge in [-0.05, 0) is 56.6 Å². The number of nitrogens with two attached hydrogens (primary N) is 3. The number of hydrogen-bond acceptors (Lipinski definition) is 13. The van der Waals surface area contributed by atoms with Gasteiger partial charge in [-0.15, -0.1) is 0 Å². The Balaban J connectivity index is 1.97. The smallest absolute Gasteiger partial charge is 0.328 e. The summed E-state index contributed by atoms with van der Waals surface area (Å²) in [5.41, 5.74) is 18.5. The van der Waals surface area contributed by atoms with Crippen molar-refractivity contribution in [3.05, 3.63) is 35.4 Å². The highest BCUT2D eigenvalue weighted by atomic mass is 16.5. The van der Waals surface area contributed by atoms with Crippen LogP contribution < -0.4 is 38.5 Å². The molecule has 302 valence electrons. The first-order valence-electron chi connectivity index (χ1n) is 17.2. The lowest BCUT2D eigenvalue weighted by molar-refractivity contribution is -0.218. The van der Waals surface area contributed by atoms with Gasteiger partial charge >= 0.3 is 11.9 Å². The number of hydrogen-bond donors (Lipinski definition) is 13. The minimum absolute atomic E-state index is 0.0144. The molecule has 1 aliphatic heterocycles. The number of ether oxygens (including phenoxy) is 1. The number of amides is 4. The molecule has 54 heavy (non-hydrogen) atoms. The third-order valence-corrected chi connectivity index (χ3v) is 8.55. The van der Waals surface area contributed by atoms with Crippen molar-refractivity contribution in [3.63, 3.8) is 0 Å². The quantitative estimate of drug-likeness (QED) is 0.0298. The van der Waals surface area contributed by atoms with E-state index in [9.17, 15) is 44.1 Å². The summed E-state index contributed by atoms with van der Waals surface area (Å²) in [6.07, 6.45) is -3.78. The van der Waals surface area contributed by atoms with Crippen molar-refractivity contribution in [1.82, 2.24) is 21.3 Å². The second-order valence-corrected chi connectivity index (χ2v) is 12.9. The van der Waals surface area contributed by atoms with Crippen LogP contribution in [-0.2, 0) is 46.3 Å². The lowest BCUT2D eigenvalue weighted by Gasteiger charge is -2.39. The Bertz CT molecular complexity index is 1460. The lowest BCUT2D eigenvalue weighted by Crippen LogP contribution is -2.56. The van der Waals surface area contributed by atoms with Gasteiger partial charge in [0.25, 0.3) is 0 Å². The molecule has 0 spiro atoms. The number of carbonyl (C=O) groups is 6. The SMILES string of the molecule is CC1OC(CCCc2ccc(CC(N)C(=O)NC(CCCN=C(N)N)C(=O)NCC(=O)NC(CC(=O)O)C(=O)NC(CO)C(=O)O)cc2)C(O)C(O)C1O. The van der Waals surface area contributed by atoms with E-state index in [4.69, 9.17) is 37.3 Å². The zero-order valence-electron chi connectivity index (χ0n) is 29.8. The number of aryl methyl sites for hydroxylation is 1. The molecule has 4 amide bonds. The Kier molecular flexibility index (Phi) is 18.7. The van der Waals surface area contributed by atoms with E-state index in [-0.39, 0.29) is 31.8 Å². The molecule has 0 bridgehead atoms. The third-order valence-electron chi connectivity index (χ3n) is 8.55. The molecule has 9 atom stereocenters. The van der Waals surface area contributed by atoms with Crippen LogP contribution in [0.3, 0.4) is 0 Å². The molecule has 1 aliphatic rings. The average Bonchev–Trinajstić information content (AvgIpc) is 3.11. The lowest BCUT2D eigenvalue weighted by atomic mass is 9.92. The summed E-state index contributed by atoms with van der Waals surface area (Å²) in [6.45, 7) is -0.0278. The van der Waals surface area contributed by atoms with Crippen LogP contribution in [0.5, 0.6) is 0 Å². The van der Waals surface area contributed by atoms with Gasteiger partial charge < -0.3 is 73.8 Å². The summed E-state index contributed by atoms with van der Waals surface area (Å²) in [5, 5.41) is 66.3. The van der Waals surface area contributed by atoms with Crippen LogP contribution >= 0.6 is 0 Å². The number of benzene rings is 1. The van der Waals surface area contributed by atoms with Crippen molar-refractivity contribution in [2.75, 3.05) is 19.7 Å². The van der Waals surface area contributed by atoms with Gasteiger partial charge in [0.15, 0.2) is 5.96 Å². The fraction of sp³-hybridized carbons (Fsp3) is 0.606. The summed E-state index contributed by atoms with van der Waals surface area (Å²) in [6, 6.07) is 1.47. The van der Waals surface area contributed by atoms with Gasteiger partial charge in [-0.2, -0.15) is 0 Å². The van der Waals surface area contributed by atoms with Crippen molar-refractivity contribution in [1.29, 1.82) is 0 Å². The van der Waals surface area contributed by atoms with Gasteiger partial charge in [-0.1, -0.05) is 24.3 Å². The van der Waals surface area contributed by atoms with Crippen LogP contribution in [0.15, 0.2) is 29.3 Å². The fourth-order valence-corrected chi connectivity index (χ4v) is 5.50. The van der Waals surface area contributed by atoms with E-state index in [1.165, 1.54) is 0 Å². The maximum Gasteiger partial charge on any atom is 0.328 e. The Hall–Kier alpha value is -4.93. The average molecular weight is 769 g/mol. The minimum atomic E-state index is -1.76. The number of aliphatic carboxylic acids is 2. The highest BCUT2D eigenvalue weighted by Gasteiger charge is 2.41. The standard InChI is InChI=1S/C33H52N8O13/c1-16-26(46)28(48)27(47)23(54-16)6-2-4-17-7-9-18(10-8-17)12-19(34)29(49)40-20(5-3-11-37-33(35)36)30(50)38-14-24(43)39-21(13-25(44)45)31(51)41-22(15-42)32(52)53/h7-10,16,19-23,26-28,42,46-48H,2-6,11-15,34H2,1H3,(H,38,50)(H,39,43)(H,40,49)(H,41,51)(H,44,45)(H,52,53)(H4,35,36,37). The highest BCUT2D eigenvalue weighted by Crippen LogP contribution is 2.24. The molecule has 2 rings (SSSR count). The summed E-state index contributed by atoms with van der Waals surface area (Å²) >= 11 is 0. The fourth-order valence-electron chi connectivity index (χ4n) is 5.50. The Labute approximate surface area is 310 Å². The molecule has 1 heterocycles. The number of aliphatic hydroxyl groups is 4. The van der Waals surface area contributed by atoms with E-state index < -0.39 is 110 Å². The third kappa shape index (κ3) is 15.2. The van der Waals surface area contributed by atoms with Crippen LogP contribution in [0.2, 0.25) is 0 Å². The molecular formula is C33H52N8O13. The number of carboxylic acid groups (broad SMARTS) is 2. The molecule has 9 unspecified atom stereocenters. The van der Waals surface area contributed by atoms with Crippen LogP contribution in [-0.4, -0.2) is 147 Å². The first-order chi connectivity index (χ1) is 25.4. The zero-order chi connectivity index (χ0) is 40.5. The van der Waals surface area contributed by atoms with Gasteiger partial charge in [0.2, 0.25) is 23.6 Å². The first kappa shape index (κ1) is 45.2. The Morgan fingerprint density at radius 2 is 1.46 bits per heavy atom. The van der Waals surface area contributed by atoms with Crippen molar-refractivity contribution < 1.29 is 64.1 Å². The number of guanidine groups is 1. The molecule has 0 radical (unpaired) electrons. The van der Waals surface area contributed by atoms with Crippen LogP contribution in [0.4, 0.5) is 0 Å². The summed E-state index contributed by atoms with van der Waals surface area (Å²) in [7, 11) is 0. The molecular weight excluding hydrogens is 716 g/mol. The molecule has 0 aliphatic carbocycles. The molecule has 21 nitrogen and oxygen atoms in total. The predicted molar refractivity (Wildman–Crippen MR) is 189 cm³/mol. The van der Waals surface area contributed by atoms with Crippen molar-refractivity contribution in [2.24, 2.45) is 22.2 Å². The molecule has 0 saturated carbocycles. The van der Waals surface area contributed by atoms with Crippen molar-refractivity contribution in [3.8, 4) is 0 Å².